The lowest BCUT2D eigenvalue weighted by molar-refractivity contribution is -0.870. The molecule has 2 unspecified atom stereocenters. The number of nitrogens with zero attached hydrogens (tertiary/aromatic N) is 1. The Morgan fingerprint density at radius 3 is 0.930 bits per heavy atom. The minimum atomic E-state index is -4.41. The van der Waals surface area contributed by atoms with Gasteiger partial charge in [-0.1, -0.05) is 267 Å². The number of esters is 2. The molecule has 2 atom stereocenters. The van der Waals surface area contributed by atoms with Gasteiger partial charge < -0.3 is 18.9 Å². The van der Waals surface area contributed by atoms with Gasteiger partial charge in [-0.2, -0.15) is 0 Å². The Kier molecular flexibility index (Phi) is 60.9. The molecule has 0 aromatic heterocycles. The maximum Gasteiger partial charge on any atom is 0.472 e. The molecule has 0 fully saturated rings. The molecule has 0 aromatic carbocycles. The van der Waals surface area contributed by atoms with Crippen molar-refractivity contribution in [3.63, 3.8) is 0 Å². The van der Waals surface area contributed by atoms with Crippen LogP contribution >= 0.6 is 7.82 Å². The van der Waals surface area contributed by atoms with Gasteiger partial charge in [0.1, 0.15) is 19.8 Å². The van der Waals surface area contributed by atoms with Gasteiger partial charge in [0, 0.05) is 12.8 Å². The first-order chi connectivity index (χ1) is 42.0. The van der Waals surface area contributed by atoms with Gasteiger partial charge in [0.25, 0.3) is 0 Å². The summed E-state index contributed by atoms with van der Waals surface area (Å²) in [6.07, 6.45) is 99.7. The summed E-state index contributed by atoms with van der Waals surface area (Å²) in [5.74, 6) is -0.838. The van der Waals surface area contributed by atoms with E-state index in [9.17, 15) is 19.0 Å². The number of carbonyl (C=O) groups excluding carboxylic acids is 2. The quantitative estimate of drug-likeness (QED) is 0.0211. The van der Waals surface area contributed by atoms with E-state index in [1.54, 1.807) is 0 Å². The van der Waals surface area contributed by atoms with Gasteiger partial charge >= 0.3 is 19.8 Å². The highest BCUT2D eigenvalue weighted by atomic mass is 31.2. The van der Waals surface area contributed by atoms with Crippen molar-refractivity contribution in [2.24, 2.45) is 0 Å². The smallest absolute Gasteiger partial charge is 0.462 e. The second-order valence-electron chi connectivity index (χ2n) is 22.7. The number of carbonyl (C=O) groups is 2. The first-order valence-corrected chi connectivity index (χ1v) is 35.0. The molecule has 0 radical (unpaired) electrons. The Morgan fingerprint density at radius 2 is 0.628 bits per heavy atom. The highest BCUT2D eigenvalue weighted by molar-refractivity contribution is 7.47. The Hall–Kier alpha value is -4.89. The van der Waals surface area contributed by atoms with Crippen molar-refractivity contribution in [2.75, 3.05) is 47.5 Å². The van der Waals surface area contributed by atoms with Gasteiger partial charge in [-0.05, 0) is 135 Å². The SMILES string of the molecule is CC/C=C\C/C=C\C/C=C\C/C=C\C/C=C\C/C=C\C/C=C\C/C=C\CCCCCCCCCCCCC(=O)OC(COC(=O)CCCCCCC/C=C\C/C=C\C/C=C\C/C=C\C/C=C\C/C=C\C/C=C\CC)COP(=O)(O)OCC[N+](C)(C)C. The van der Waals surface area contributed by atoms with E-state index < -0.39 is 32.5 Å². The average molecular weight is 1210 g/mol. The van der Waals surface area contributed by atoms with Crippen LogP contribution in [0.1, 0.15) is 232 Å². The molecule has 0 rings (SSSR count). The highest BCUT2D eigenvalue weighted by Gasteiger charge is 2.27. The molecule has 484 valence electrons. The van der Waals surface area contributed by atoms with Crippen LogP contribution in [0.5, 0.6) is 0 Å². The highest BCUT2D eigenvalue weighted by Crippen LogP contribution is 2.43. The predicted octanol–water partition coefficient (Wildman–Crippen LogP) is 21.9. The lowest BCUT2D eigenvalue weighted by Crippen LogP contribution is -2.37. The van der Waals surface area contributed by atoms with Crippen LogP contribution in [0.15, 0.2) is 182 Å². The second kappa shape index (κ2) is 64.6. The van der Waals surface area contributed by atoms with Gasteiger partial charge in [0.2, 0.25) is 0 Å². The van der Waals surface area contributed by atoms with Crippen molar-refractivity contribution in [3.05, 3.63) is 182 Å². The fourth-order valence-electron chi connectivity index (χ4n) is 8.36. The Labute approximate surface area is 527 Å². The standard InChI is InChI=1S/C76H122NO8P/c1-6-8-10-12-14-16-18-20-22-24-26-28-30-32-34-35-36-37-38-39-40-41-43-45-47-49-51-53-55-57-59-61-63-65-67-69-76(79)85-74(73-84-86(80,81)83-71-70-77(3,4)5)72-82-75(78)68-66-64-62-60-58-56-54-52-50-48-46-44-42-33-31-29-27-25-23-21-19-17-15-13-11-9-7-2/h8-11,14-17,20-23,26-29,32-34,36-37,39-40,42-43,45-46,48,52,54,74H,6-7,12-13,18-19,24-25,30-31,35,38,41,44,47,49-51,53,55-73H2,1-5H3/p+1/b10-8-,11-9-,16-14-,17-15-,22-20-,23-21-,28-26-,29-27-,34-32-,37-36-,40-39-,42-33-,45-43-,48-46-,54-52-. The molecule has 10 heteroatoms. The molecule has 1 N–H and O–H groups in total. The van der Waals surface area contributed by atoms with Gasteiger partial charge in [-0.15, -0.1) is 0 Å². The van der Waals surface area contributed by atoms with Crippen LogP contribution in [0.4, 0.5) is 0 Å². The second-order valence-corrected chi connectivity index (χ2v) is 24.2. The third-order valence-corrected chi connectivity index (χ3v) is 14.4. The van der Waals surface area contributed by atoms with Gasteiger partial charge in [0.05, 0.1) is 27.7 Å². The summed E-state index contributed by atoms with van der Waals surface area (Å²) in [7, 11) is 1.44. The number of allylic oxidation sites excluding steroid dienone is 30. The van der Waals surface area contributed by atoms with Gasteiger partial charge in [-0.3, -0.25) is 18.6 Å². The van der Waals surface area contributed by atoms with Crippen molar-refractivity contribution < 1.29 is 42.1 Å². The maximum absolute atomic E-state index is 12.9. The minimum absolute atomic E-state index is 0.0170. The molecule has 0 heterocycles. The van der Waals surface area contributed by atoms with Gasteiger partial charge in [0.15, 0.2) is 6.10 Å². The number of hydrogen-bond acceptors (Lipinski definition) is 7. The van der Waals surface area contributed by atoms with Crippen LogP contribution in [0, 0.1) is 0 Å². The summed E-state index contributed by atoms with van der Waals surface area (Å²) in [4.78, 5) is 35.8. The van der Waals surface area contributed by atoms with Crippen LogP contribution in [0.25, 0.3) is 0 Å². The molecule has 86 heavy (non-hydrogen) atoms. The topological polar surface area (TPSA) is 108 Å². The number of quaternary nitrogens is 1. The number of likely N-dealkylation sites (N-methyl/N-ethyl adjacent to an activating group) is 1. The monoisotopic (exact) mass is 1210 g/mol. The third-order valence-electron chi connectivity index (χ3n) is 13.4. The largest absolute Gasteiger partial charge is 0.472 e. The van der Waals surface area contributed by atoms with E-state index in [1.807, 2.05) is 21.1 Å². The van der Waals surface area contributed by atoms with Crippen LogP contribution in [-0.2, 0) is 32.7 Å². The van der Waals surface area contributed by atoms with E-state index in [0.29, 0.717) is 23.9 Å². The third kappa shape index (κ3) is 68.2. The molecule has 0 saturated heterocycles. The molecule has 0 aliphatic rings. The van der Waals surface area contributed by atoms with E-state index in [0.717, 1.165) is 154 Å². The first kappa shape index (κ1) is 81.1. The first-order valence-electron chi connectivity index (χ1n) is 33.5. The molecular weight excluding hydrogens is 1090 g/mol. The number of rotatable bonds is 59. The summed E-state index contributed by atoms with van der Waals surface area (Å²) in [6, 6.07) is 0. The summed E-state index contributed by atoms with van der Waals surface area (Å²) in [5, 5.41) is 0. The zero-order valence-electron chi connectivity index (χ0n) is 55.0. The van der Waals surface area contributed by atoms with E-state index in [4.69, 9.17) is 18.5 Å². The van der Waals surface area contributed by atoms with E-state index in [-0.39, 0.29) is 26.1 Å². The number of phosphoric acid groups is 1. The van der Waals surface area contributed by atoms with E-state index in [2.05, 4.69) is 196 Å². The van der Waals surface area contributed by atoms with E-state index in [1.165, 1.54) is 38.5 Å². The lowest BCUT2D eigenvalue weighted by atomic mass is 10.0. The normalized spacial score (nSPS) is 14.3. The van der Waals surface area contributed by atoms with E-state index >= 15 is 0 Å². The summed E-state index contributed by atoms with van der Waals surface area (Å²) < 4.78 is 34.7. The lowest BCUT2D eigenvalue weighted by Gasteiger charge is -2.24. The predicted molar refractivity (Wildman–Crippen MR) is 371 cm³/mol. The average Bonchev–Trinajstić information content (AvgIpc) is 3.56. The number of ether oxygens (including phenoxy) is 2. The van der Waals surface area contributed by atoms with Crippen molar-refractivity contribution in [2.45, 2.75) is 238 Å². The summed E-state index contributed by atoms with van der Waals surface area (Å²) >= 11 is 0. The molecule has 0 saturated carbocycles. The maximum atomic E-state index is 12.9. The molecular formula is C76H123NO8P+. The minimum Gasteiger partial charge on any atom is -0.462 e. The molecule has 0 aliphatic carbocycles. The van der Waals surface area contributed by atoms with Crippen LogP contribution < -0.4 is 0 Å². The Morgan fingerprint density at radius 1 is 0.360 bits per heavy atom. The summed E-state index contributed by atoms with van der Waals surface area (Å²) in [6.45, 7) is 4.15. The zero-order chi connectivity index (χ0) is 62.6. The van der Waals surface area contributed by atoms with Crippen LogP contribution in [-0.4, -0.2) is 74.9 Å². The van der Waals surface area contributed by atoms with Crippen molar-refractivity contribution in [1.29, 1.82) is 0 Å². The molecule has 0 amide bonds. The Bertz CT molecular complexity index is 2100. The number of hydrogen-bond donors (Lipinski definition) is 1. The zero-order valence-corrected chi connectivity index (χ0v) is 55.9. The number of unbranched alkanes of at least 4 members (excludes halogenated alkanes) is 15. The van der Waals surface area contributed by atoms with Crippen molar-refractivity contribution in [1.82, 2.24) is 0 Å². The van der Waals surface area contributed by atoms with Crippen LogP contribution in [0.2, 0.25) is 0 Å². The fourth-order valence-corrected chi connectivity index (χ4v) is 9.11. The van der Waals surface area contributed by atoms with Crippen molar-refractivity contribution >= 4 is 19.8 Å². The van der Waals surface area contributed by atoms with Gasteiger partial charge in [-0.25, -0.2) is 4.57 Å². The fraction of sp³-hybridized carbons (Fsp3) is 0.579. The van der Waals surface area contributed by atoms with Crippen molar-refractivity contribution in [3.8, 4) is 0 Å². The molecule has 9 nitrogen and oxygen atoms in total. The molecule has 0 spiro atoms. The Balaban J connectivity index is 4.20. The van der Waals surface area contributed by atoms with Crippen LogP contribution in [0.3, 0.4) is 0 Å². The molecule has 0 bridgehead atoms. The molecule has 0 aromatic rings. The number of phosphoric ester groups is 1. The molecule has 0 aliphatic heterocycles. The summed E-state index contributed by atoms with van der Waals surface area (Å²) in [5.41, 5.74) is 0.